The predicted molar refractivity (Wildman–Crippen MR) is 83.2 cm³/mol. The quantitative estimate of drug-likeness (QED) is 0.826. The summed E-state index contributed by atoms with van der Waals surface area (Å²) in [5, 5.41) is 12.0. The maximum Gasteiger partial charge on any atom is 0.123 e. The number of aliphatic hydroxyl groups excluding tert-OH is 1. The number of benzene rings is 2. The highest BCUT2D eigenvalue weighted by Gasteiger charge is 1.97. The lowest BCUT2D eigenvalue weighted by Gasteiger charge is -2.07. The van der Waals surface area contributed by atoms with Crippen LogP contribution in [-0.2, 0) is 13.1 Å². The lowest BCUT2D eigenvalue weighted by molar-refractivity contribution is 0.201. The third kappa shape index (κ3) is 6.12. The third-order valence-electron chi connectivity index (χ3n) is 2.85. The molecule has 114 valence electrons. The molecule has 2 rings (SSSR count). The molecule has 0 atom stereocenters. The molecule has 0 saturated carbocycles. The first-order chi connectivity index (χ1) is 9.78. The van der Waals surface area contributed by atoms with Gasteiger partial charge in [0.1, 0.15) is 18.2 Å². The standard InChI is InChI=1S/C16H18FNO2.ClH/c17-15-5-1-13(2-6-15)11-18-12-14-3-7-16(8-4-14)20-10-9-19;/h1-8,18-19H,9-12H2;1H. The zero-order valence-electron chi connectivity index (χ0n) is 11.6. The van der Waals surface area contributed by atoms with E-state index in [1.54, 1.807) is 12.1 Å². The molecule has 0 aromatic heterocycles. The first-order valence-electron chi connectivity index (χ1n) is 6.55. The number of aliphatic hydroxyl groups is 1. The fourth-order valence-electron chi connectivity index (χ4n) is 1.82. The van der Waals surface area contributed by atoms with Crippen molar-refractivity contribution in [1.29, 1.82) is 0 Å². The molecular weight excluding hydrogens is 293 g/mol. The average Bonchev–Trinajstić information content (AvgIpc) is 2.48. The van der Waals surface area contributed by atoms with Crippen molar-refractivity contribution >= 4 is 12.4 Å². The molecule has 2 aromatic rings. The highest BCUT2D eigenvalue weighted by Crippen LogP contribution is 2.12. The first-order valence-corrected chi connectivity index (χ1v) is 6.55. The smallest absolute Gasteiger partial charge is 0.123 e. The van der Waals surface area contributed by atoms with Crippen molar-refractivity contribution in [3.8, 4) is 5.75 Å². The first kappa shape index (κ1) is 17.4. The van der Waals surface area contributed by atoms with Crippen molar-refractivity contribution in [3.05, 3.63) is 65.5 Å². The Labute approximate surface area is 130 Å². The second-order valence-corrected chi connectivity index (χ2v) is 4.45. The van der Waals surface area contributed by atoms with Gasteiger partial charge in [0, 0.05) is 13.1 Å². The molecule has 0 radical (unpaired) electrons. The Bertz CT molecular complexity index is 517. The van der Waals surface area contributed by atoms with E-state index in [0.29, 0.717) is 13.2 Å². The minimum Gasteiger partial charge on any atom is -0.491 e. The zero-order valence-corrected chi connectivity index (χ0v) is 12.4. The normalized spacial score (nSPS) is 10.0. The molecule has 0 spiro atoms. The summed E-state index contributed by atoms with van der Waals surface area (Å²) < 4.78 is 18.0. The number of nitrogens with one attached hydrogen (secondary N) is 1. The van der Waals surface area contributed by atoms with E-state index in [0.717, 1.165) is 23.4 Å². The molecule has 0 aliphatic carbocycles. The molecular formula is C16H19ClFNO2. The molecule has 0 amide bonds. The van der Waals surface area contributed by atoms with Gasteiger partial charge in [-0.25, -0.2) is 4.39 Å². The second kappa shape index (κ2) is 9.34. The van der Waals surface area contributed by atoms with E-state index in [-0.39, 0.29) is 24.8 Å². The second-order valence-electron chi connectivity index (χ2n) is 4.45. The Kier molecular flexibility index (Phi) is 7.75. The van der Waals surface area contributed by atoms with Gasteiger partial charge in [-0.1, -0.05) is 24.3 Å². The lowest BCUT2D eigenvalue weighted by Crippen LogP contribution is -2.12. The van der Waals surface area contributed by atoms with Crippen LogP contribution >= 0.6 is 12.4 Å². The Morgan fingerprint density at radius 2 is 1.43 bits per heavy atom. The summed E-state index contributed by atoms with van der Waals surface area (Å²) in [6.45, 7) is 1.75. The minimum atomic E-state index is -0.216. The van der Waals surface area contributed by atoms with Crippen molar-refractivity contribution < 1.29 is 14.2 Å². The summed E-state index contributed by atoms with van der Waals surface area (Å²) >= 11 is 0. The van der Waals surface area contributed by atoms with Crippen molar-refractivity contribution in [2.75, 3.05) is 13.2 Å². The zero-order chi connectivity index (χ0) is 14.2. The summed E-state index contributed by atoms with van der Waals surface area (Å²) in [7, 11) is 0. The van der Waals surface area contributed by atoms with Gasteiger partial charge in [-0.2, -0.15) is 0 Å². The summed E-state index contributed by atoms with van der Waals surface area (Å²) in [5.41, 5.74) is 2.19. The molecule has 0 heterocycles. The summed E-state index contributed by atoms with van der Waals surface area (Å²) in [4.78, 5) is 0. The molecule has 0 unspecified atom stereocenters. The van der Waals surface area contributed by atoms with Crippen molar-refractivity contribution in [3.63, 3.8) is 0 Å². The summed E-state index contributed by atoms with van der Waals surface area (Å²) in [6.07, 6.45) is 0. The molecule has 5 heteroatoms. The van der Waals surface area contributed by atoms with E-state index in [9.17, 15) is 4.39 Å². The third-order valence-corrected chi connectivity index (χ3v) is 2.85. The molecule has 0 fully saturated rings. The number of hydrogen-bond donors (Lipinski definition) is 2. The van der Waals surface area contributed by atoms with Gasteiger partial charge in [0.25, 0.3) is 0 Å². The average molecular weight is 312 g/mol. The van der Waals surface area contributed by atoms with E-state index in [2.05, 4.69) is 5.32 Å². The largest absolute Gasteiger partial charge is 0.491 e. The SMILES string of the molecule is Cl.OCCOc1ccc(CNCc2ccc(F)cc2)cc1. The van der Waals surface area contributed by atoms with Crippen LogP contribution in [0.15, 0.2) is 48.5 Å². The van der Waals surface area contributed by atoms with Crippen LogP contribution in [0, 0.1) is 5.82 Å². The van der Waals surface area contributed by atoms with Crippen LogP contribution in [0.4, 0.5) is 4.39 Å². The van der Waals surface area contributed by atoms with E-state index in [1.807, 2.05) is 24.3 Å². The van der Waals surface area contributed by atoms with Gasteiger partial charge in [0.15, 0.2) is 0 Å². The minimum absolute atomic E-state index is 0. The fraction of sp³-hybridized carbons (Fsp3) is 0.250. The number of ether oxygens (including phenoxy) is 1. The lowest BCUT2D eigenvalue weighted by atomic mass is 10.2. The molecule has 2 N–H and O–H groups in total. The van der Waals surface area contributed by atoms with Gasteiger partial charge in [-0.15, -0.1) is 12.4 Å². The number of rotatable bonds is 7. The maximum atomic E-state index is 12.8. The van der Waals surface area contributed by atoms with Crippen molar-refractivity contribution in [1.82, 2.24) is 5.32 Å². The van der Waals surface area contributed by atoms with Gasteiger partial charge in [0.05, 0.1) is 6.61 Å². The maximum absolute atomic E-state index is 12.8. The molecule has 2 aromatic carbocycles. The predicted octanol–water partition coefficient (Wildman–Crippen LogP) is 2.91. The van der Waals surface area contributed by atoms with Crippen LogP contribution < -0.4 is 10.1 Å². The topological polar surface area (TPSA) is 41.5 Å². The van der Waals surface area contributed by atoms with Gasteiger partial charge in [-0.3, -0.25) is 0 Å². The molecule has 0 aliphatic heterocycles. The fourth-order valence-corrected chi connectivity index (χ4v) is 1.82. The molecule has 21 heavy (non-hydrogen) atoms. The Morgan fingerprint density at radius 1 is 0.905 bits per heavy atom. The Balaban J connectivity index is 0.00000220. The summed E-state index contributed by atoms with van der Waals surface area (Å²) in [5.74, 6) is 0.536. The van der Waals surface area contributed by atoms with Crippen LogP contribution in [0.3, 0.4) is 0 Å². The summed E-state index contributed by atoms with van der Waals surface area (Å²) in [6, 6.07) is 14.2. The van der Waals surface area contributed by atoms with E-state index in [1.165, 1.54) is 12.1 Å². The van der Waals surface area contributed by atoms with Crippen LogP contribution in [-0.4, -0.2) is 18.3 Å². The Hall–Kier alpha value is -1.62. The highest BCUT2D eigenvalue weighted by molar-refractivity contribution is 5.85. The van der Waals surface area contributed by atoms with Gasteiger partial charge in [0.2, 0.25) is 0 Å². The van der Waals surface area contributed by atoms with Crippen LogP contribution in [0.5, 0.6) is 5.75 Å². The van der Waals surface area contributed by atoms with Crippen molar-refractivity contribution in [2.45, 2.75) is 13.1 Å². The molecule has 3 nitrogen and oxygen atoms in total. The van der Waals surface area contributed by atoms with Gasteiger partial charge in [-0.05, 0) is 35.4 Å². The highest BCUT2D eigenvalue weighted by atomic mass is 35.5. The van der Waals surface area contributed by atoms with E-state index < -0.39 is 0 Å². The molecule has 0 saturated heterocycles. The Morgan fingerprint density at radius 3 is 1.95 bits per heavy atom. The van der Waals surface area contributed by atoms with E-state index >= 15 is 0 Å². The number of hydrogen-bond acceptors (Lipinski definition) is 3. The monoisotopic (exact) mass is 311 g/mol. The van der Waals surface area contributed by atoms with Gasteiger partial charge >= 0.3 is 0 Å². The van der Waals surface area contributed by atoms with Gasteiger partial charge < -0.3 is 15.2 Å². The van der Waals surface area contributed by atoms with Crippen LogP contribution in [0.25, 0.3) is 0 Å². The van der Waals surface area contributed by atoms with Crippen molar-refractivity contribution in [2.24, 2.45) is 0 Å². The van der Waals surface area contributed by atoms with Crippen LogP contribution in [0.1, 0.15) is 11.1 Å². The van der Waals surface area contributed by atoms with Crippen LogP contribution in [0.2, 0.25) is 0 Å². The number of halogens is 2. The van der Waals surface area contributed by atoms with E-state index in [4.69, 9.17) is 9.84 Å². The molecule has 0 bridgehead atoms. The molecule has 0 aliphatic rings.